The van der Waals surface area contributed by atoms with E-state index in [1.807, 2.05) is 13.8 Å². The van der Waals surface area contributed by atoms with Crippen molar-refractivity contribution in [1.29, 1.82) is 0 Å². The molecule has 2 atom stereocenters. The van der Waals surface area contributed by atoms with Crippen molar-refractivity contribution in [2.75, 3.05) is 13.1 Å². The third kappa shape index (κ3) is 3.12. The molecule has 0 aromatic carbocycles. The first-order valence-electron chi connectivity index (χ1n) is 5.86. The molecule has 0 aromatic rings. The van der Waals surface area contributed by atoms with Gasteiger partial charge in [0.2, 0.25) is 0 Å². The Morgan fingerprint density at radius 2 is 1.94 bits per heavy atom. The molecule has 0 radical (unpaired) electrons. The zero-order valence-corrected chi connectivity index (χ0v) is 9.90. The summed E-state index contributed by atoms with van der Waals surface area (Å²) in [4.78, 5) is 24.2. The first-order valence-corrected chi connectivity index (χ1v) is 5.86. The van der Waals surface area contributed by atoms with Gasteiger partial charge in [0, 0.05) is 19.1 Å². The van der Waals surface area contributed by atoms with Crippen LogP contribution >= 0.6 is 0 Å². The van der Waals surface area contributed by atoms with Gasteiger partial charge in [-0.2, -0.15) is 0 Å². The summed E-state index contributed by atoms with van der Waals surface area (Å²) >= 11 is 0. The fourth-order valence-corrected chi connectivity index (χ4v) is 2.11. The van der Waals surface area contributed by atoms with Crippen molar-refractivity contribution in [3.8, 4) is 0 Å². The molecule has 0 spiro atoms. The molecule has 0 saturated heterocycles. The third-order valence-electron chi connectivity index (χ3n) is 3.16. The number of nitrogens with zero attached hydrogens (tertiary/aromatic N) is 1. The number of carbonyl (C=O) groups is 2. The minimum absolute atomic E-state index is 0.0224. The van der Waals surface area contributed by atoms with Gasteiger partial charge < -0.3 is 15.3 Å². The molecule has 1 saturated carbocycles. The topological polar surface area (TPSA) is 69.6 Å². The molecule has 1 rings (SSSR count). The molecule has 16 heavy (non-hydrogen) atoms. The Kier molecular flexibility index (Phi) is 4.58. The minimum Gasteiger partial charge on any atom is -0.481 e. The van der Waals surface area contributed by atoms with Gasteiger partial charge in [-0.15, -0.1) is 0 Å². The summed E-state index contributed by atoms with van der Waals surface area (Å²) in [5.41, 5.74) is 0. The average Bonchev–Trinajstić information content (AvgIpc) is 2.68. The minimum atomic E-state index is -0.750. The Morgan fingerprint density at radius 3 is 2.38 bits per heavy atom. The summed E-state index contributed by atoms with van der Waals surface area (Å²) in [6.45, 7) is 5.21. The Balaban J connectivity index is 2.39. The quantitative estimate of drug-likeness (QED) is 0.761. The van der Waals surface area contributed by atoms with E-state index < -0.39 is 5.97 Å². The summed E-state index contributed by atoms with van der Waals surface area (Å²) in [6, 6.07) is -0.0600. The summed E-state index contributed by atoms with van der Waals surface area (Å²) in [5, 5.41) is 11.7. The predicted molar refractivity (Wildman–Crippen MR) is 60.2 cm³/mol. The van der Waals surface area contributed by atoms with Crippen LogP contribution in [-0.2, 0) is 4.79 Å². The van der Waals surface area contributed by atoms with E-state index in [-0.39, 0.29) is 18.0 Å². The summed E-state index contributed by atoms with van der Waals surface area (Å²) in [6.07, 6.45) is 1.99. The second-order valence-electron chi connectivity index (χ2n) is 4.17. The van der Waals surface area contributed by atoms with E-state index in [9.17, 15) is 9.59 Å². The molecule has 92 valence electrons. The number of hydrogen-bond acceptors (Lipinski definition) is 2. The predicted octanol–water partition coefficient (Wildman–Crippen LogP) is 1.29. The first kappa shape index (κ1) is 12.8. The van der Waals surface area contributed by atoms with E-state index in [0.29, 0.717) is 25.9 Å². The molecule has 1 fully saturated rings. The molecule has 0 heterocycles. The van der Waals surface area contributed by atoms with Gasteiger partial charge in [-0.1, -0.05) is 0 Å². The summed E-state index contributed by atoms with van der Waals surface area (Å²) in [5.74, 6) is -1.04. The lowest BCUT2D eigenvalue weighted by atomic mass is 10.1. The zero-order chi connectivity index (χ0) is 12.1. The molecule has 2 amide bonds. The van der Waals surface area contributed by atoms with Crippen molar-refractivity contribution in [3.63, 3.8) is 0 Å². The maximum absolute atomic E-state index is 11.7. The van der Waals surface area contributed by atoms with Crippen LogP contribution in [0, 0.1) is 5.92 Å². The van der Waals surface area contributed by atoms with Crippen LogP contribution in [0.5, 0.6) is 0 Å². The lowest BCUT2D eigenvalue weighted by Gasteiger charge is -2.22. The monoisotopic (exact) mass is 228 g/mol. The Morgan fingerprint density at radius 1 is 1.31 bits per heavy atom. The number of carboxylic acids is 1. The Labute approximate surface area is 95.8 Å². The molecule has 5 heteroatoms. The third-order valence-corrected chi connectivity index (χ3v) is 3.16. The normalized spacial score (nSPS) is 24.1. The molecule has 2 N–H and O–H groups in total. The van der Waals surface area contributed by atoms with E-state index >= 15 is 0 Å². The number of nitrogens with one attached hydrogen (secondary N) is 1. The molecular weight excluding hydrogens is 208 g/mol. The standard InChI is InChI=1S/C11H20N2O3/c1-3-13(4-2)11(16)12-9-6-5-8(7-9)10(14)15/h8-9H,3-7H2,1-2H3,(H,12,16)(H,14,15). The highest BCUT2D eigenvalue weighted by Crippen LogP contribution is 2.25. The van der Waals surface area contributed by atoms with Gasteiger partial charge in [0.15, 0.2) is 0 Å². The van der Waals surface area contributed by atoms with Gasteiger partial charge >= 0.3 is 12.0 Å². The van der Waals surface area contributed by atoms with Crippen molar-refractivity contribution >= 4 is 12.0 Å². The smallest absolute Gasteiger partial charge is 0.317 e. The van der Waals surface area contributed by atoms with Crippen LogP contribution in [0.25, 0.3) is 0 Å². The van der Waals surface area contributed by atoms with E-state index in [4.69, 9.17) is 5.11 Å². The molecule has 1 aliphatic carbocycles. The largest absolute Gasteiger partial charge is 0.481 e. The Bertz CT molecular complexity index is 264. The van der Waals surface area contributed by atoms with Crippen molar-refractivity contribution < 1.29 is 14.7 Å². The summed E-state index contributed by atoms with van der Waals surface area (Å²) < 4.78 is 0. The second-order valence-corrected chi connectivity index (χ2v) is 4.17. The number of urea groups is 1. The van der Waals surface area contributed by atoms with Crippen molar-refractivity contribution in [2.45, 2.75) is 39.2 Å². The van der Waals surface area contributed by atoms with Crippen molar-refractivity contribution in [3.05, 3.63) is 0 Å². The number of aliphatic carboxylic acids is 1. The van der Waals surface area contributed by atoms with E-state index in [2.05, 4.69) is 5.32 Å². The molecule has 0 aliphatic heterocycles. The lowest BCUT2D eigenvalue weighted by molar-refractivity contribution is -0.141. The highest BCUT2D eigenvalue weighted by Gasteiger charge is 2.30. The fourth-order valence-electron chi connectivity index (χ4n) is 2.11. The van der Waals surface area contributed by atoms with E-state index in [0.717, 1.165) is 6.42 Å². The van der Waals surface area contributed by atoms with Gasteiger partial charge in [0.25, 0.3) is 0 Å². The van der Waals surface area contributed by atoms with Crippen LogP contribution in [0.15, 0.2) is 0 Å². The van der Waals surface area contributed by atoms with Crippen molar-refractivity contribution in [1.82, 2.24) is 10.2 Å². The highest BCUT2D eigenvalue weighted by molar-refractivity contribution is 5.75. The number of rotatable bonds is 4. The maximum atomic E-state index is 11.7. The van der Waals surface area contributed by atoms with Crippen LogP contribution < -0.4 is 5.32 Å². The lowest BCUT2D eigenvalue weighted by Crippen LogP contribution is -2.44. The van der Waals surface area contributed by atoms with Crippen LogP contribution in [0.3, 0.4) is 0 Å². The second kappa shape index (κ2) is 5.72. The molecule has 0 bridgehead atoms. The van der Waals surface area contributed by atoms with Gasteiger partial charge in [-0.25, -0.2) is 4.79 Å². The highest BCUT2D eigenvalue weighted by atomic mass is 16.4. The molecule has 5 nitrogen and oxygen atoms in total. The molecule has 2 unspecified atom stereocenters. The van der Waals surface area contributed by atoms with Crippen LogP contribution in [0.2, 0.25) is 0 Å². The Hall–Kier alpha value is -1.26. The van der Waals surface area contributed by atoms with Crippen molar-refractivity contribution in [2.24, 2.45) is 5.92 Å². The fraction of sp³-hybridized carbons (Fsp3) is 0.818. The van der Waals surface area contributed by atoms with Gasteiger partial charge in [0.05, 0.1) is 5.92 Å². The number of carbonyl (C=O) groups excluding carboxylic acids is 1. The van der Waals surface area contributed by atoms with Gasteiger partial charge in [0.1, 0.15) is 0 Å². The number of amides is 2. The van der Waals surface area contributed by atoms with Gasteiger partial charge in [-0.05, 0) is 33.1 Å². The van der Waals surface area contributed by atoms with Crippen LogP contribution in [0.1, 0.15) is 33.1 Å². The van der Waals surface area contributed by atoms with E-state index in [1.165, 1.54) is 0 Å². The van der Waals surface area contributed by atoms with Crippen LogP contribution in [0.4, 0.5) is 4.79 Å². The molecule has 0 aromatic heterocycles. The first-order chi connectivity index (χ1) is 7.58. The number of hydrogen-bond donors (Lipinski definition) is 2. The molecule has 1 aliphatic rings. The average molecular weight is 228 g/mol. The van der Waals surface area contributed by atoms with E-state index in [1.54, 1.807) is 4.90 Å². The zero-order valence-electron chi connectivity index (χ0n) is 9.90. The maximum Gasteiger partial charge on any atom is 0.317 e. The SMILES string of the molecule is CCN(CC)C(=O)NC1CCC(C(=O)O)C1. The molecular formula is C11H20N2O3. The van der Waals surface area contributed by atoms with Gasteiger partial charge in [-0.3, -0.25) is 4.79 Å². The van der Waals surface area contributed by atoms with Crippen LogP contribution in [-0.4, -0.2) is 41.1 Å². The summed E-state index contributed by atoms with van der Waals surface area (Å²) in [7, 11) is 0. The number of carboxylic acid groups (broad SMARTS) is 1.